The van der Waals surface area contributed by atoms with Crippen molar-refractivity contribution < 1.29 is 5.11 Å². The van der Waals surface area contributed by atoms with Crippen molar-refractivity contribution in [3.8, 4) is 0 Å². The molecule has 0 atom stereocenters. The van der Waals surface area contributed by atoms with Crippen LogP contribution in [0, 0.1) is 0 Å². The van der Waals surface area contributed by atoms with Gasteiger partial charge >= 0.3 is 0 Å². The van der Waals surface area contributed by atoms with Crippen LogP contribution in [0.3, 0.4) is 0 Å². The Hall–Kier alpha value is -0.600. The molecule has 0 fully saturated rings. The first kappa shape index (κ1) is 7.51. The first-order valence-electron chi connectivity index (χ1n) is 3.33. The molecule has 0 bridgehead atoms. The van der Waals surface area contributed by atoms with Gasteiger partial charge in [-0.1, -0.05) is 24.3 Å². The molecule has 1 rings (SSSR count). The quantitative estimate of drug-likeness (QED) is 0.482. The Balaban J connectivity index is 2.81. The summed E-state index contributed by atoms with van der Waals surface area (Å²) in [7, 11) is 0. The molecule has 0 saturated carbocycles. The molecule has 2 nitrogen and oxygen atoms in total. The van der Waals surface area contributed by atoms with Crippen molar-refractivity contribution in [3.05, 3.63) is 24.3 Å². The number of rotatable bonds is 0. The minimum Gasteiger partial charge on any atom is -0.382 e. The van der Waals surface area contributed by atoms with Gasteiger partial charge in [-0.3, -0.25) is 0 Å². The van der Waals surface area contributed by atoms with E-state index in [0.29, 0.717) is 0 Å². The van der Waals surface area contributed by atoms with Crippen LogP contribution in [-0.4, -0.2) is 16.2 Å². The summed E-state index contributed by atoms with van der Waals surface area (Å²) in [5.41, 5.74) is 4.52. The molecule has 0 aromatic heterocycles. The van der Waals surface area contributed by atoms with Crippen LogP contribution < -0.4 is 5.73 Å². The van der Waals surface area contributed by atoms with E-state index in [9.17, 15) is 5.11 Å². The minimum atomic E-state index is -0.807. The van der Waals surface area contributed by atoms with E-state index in [1.165, 1.54) is 0 Å². The van der Waals surface area contributed by atoms with Gasteiger partial charge in [0, 0.05) is 5.54 Å². The number of hydrogen-bond acceptors (Lipinski definition) is 2. The predicted octanol–water partition coefficient (Wildman–Crippen LogP) is 0.581. The van der Waals surface area contributed by atoms with E-state index in [4.69, 9.17) is 5.73 Å². The van der Waals surface area contributed by atoms with Gasteiger partial charge in [0.2, 0.25) is 0 Å². The van der Waals surface area contributed by atoms with Crippen LogP contribution in [0.1, 0.15) is 13.8 Å². The Kier molecular flexibility index (Phi) is 1.46. The van der Waals surface area contributed by atoms with E-state index >= 15 is 0 Å². The average molecular weight is 139 g/mol. The zero-order valence-electron chi connectivity index (χ0n) is 6.33. The lowest BCUT2D eigenvalue weighted by Crippen LogP contribution is -2.36. The summed E-state index contributed by atoms with van der Waals surface area (Å²) in [6.07, 6.45) is 7.00. The van der Waals surface area contributed by atoms with Crippen molar-refractivity contribution >= 4 is 0 Å². The maximum absolute atomic E-state index is 9.38. The normalized spacial score (nSPS) is 46.0. The highest BCUT2D eigenvalue weighted by molar-refractivity contribution is 5.28. The van der Waals surface area contributed by atoms with E-state index in [2.05, 4.69) is 0 Å². The predicted molar refractivity (Wildman–Crippen MR) is 41.5 cm³/mol. The molecule has 0 radical (unpaired) electrons. The largest absolute Gasteiger partial charge is 0.382 e. The molecular formula is C8H13NO. The first-order chi connectivity index (χ1) is 4.41. The summed E-state index contributed by atoms with van der Waals surface area (Å²) in [5, 5.41) is 9.38. The van der Waals surface area contributed by atoms with E-state index < -0.39 is 5.60 Å². The van der Waals surface area contributed by atoms with Gasteiger partial charge in [0.05, 0.1) is 5.60 Å². The molecule has 0 unspecified atom stereocenters. The van der Waals surface area contributed by atoms with Crippen molar-refractivity contribution in [1.82, 2.24) is 0 Å². The molecule has 1 aliphatic carbocycles. The molecule has 56 valence electrons. The summed E-state index contributed by atoms with van der Waals surface area (Å²) in [6.45, 7) is 3.60. The van der Waals surface area contributed by atoms with Crippen LogP contribution in [0.4, 0.5) is 0 Å². The lowest BCUT2D eigenvalue weighted by Gasteiger charge is -2.25. The van der Waals surface area contributed by atoms with Gasteiger partial charge < -0.3 is 10.8 Å². The van der Waals surface area contributed by atoms with Crippen molar-refractivity contribution in [2.75, 3.05) is 0 Å². The Bertz CT molecular complexity index is 151. The zero-order chi connectivity index (χ0) is 7.83. The van der Waals surface area contributed by atoms with Crippen molar-refractivity contribution in [3.63, 3.8) is 0 Å². The first-order valence-corrected chi connectivity index (χ1v) is 3.33. The van der Waals surface area contributed by atoms with E-state index in [0.717, 1.165) is 0 Å². The second-order valence-electron chi connectivity index (χ2n) is 3.26. The van der Waals surface area contributed by atoms with Crippen LogP contribution >= 0.6 is 0 Å². The third kappa shape index (κ3) is 1.69. The van der Waals surface area contributed by atoms with Crippen molar-refractivity contribution in [2.24, 2.45) is 5.73 Å². The Morgan fingerprint density at radius 3 is 1.80 bits per heavy atom. The van der Waals surface area contributed by atoms with Crippen molar-refractivity contribution in [2.45, 2.75) is 25.0 Å². The molecule has 0 saturated heterocycles. The molecular weight excluding hydrogens is 126 g/mol. The maximum Gasteiger partial charge on any atom is 0.0982 e. The van der Waals surface area contributed by atoms with Crippen LogP contribution in [0.25, 0.3) is 0 Å². The Morgan fingerprint density at radius 1 is 1.10 bits per heavy atom. The monoisotopic (exact) mass is 139 g/mol. The fraction of sp³-hybridized carbons (Fsp3) is 0.500. The molecule has 0 aromatic carbocycles. The summed E-state index contributed by atoms with van der Waals surface area (Å²) in [4.78, 5) is 0. The van der Waals surface area contributed by atoms with Crippen LogP contribution in [0.5, 0.6) is 0 Å². The van der Waals surface area contributed by atoms with Crippen molar-refractivity contribution in [1.29, 1.82) is 0 Å². The topological polar surface area (TPSA) is 46.2 Å². The van der Waals surface area contributed by atoms with Gasteiger partial charge in [0.25, 0.3) is 0 Å². The summed E-state index contributed by atoms with van der Waals surface area (Å²) in [5.74, 6) is 0. The van der Waals surface area contributed by atoms with Gasteiger partial charge in [0.1, 0.15) is 0 Å². The smallest absolute Gasteiger partial charge is 0.0982 e. The Morgan fingerprint density at radius 2 is 1.50 bits per heavy atom. The SMILES string of the molecule is CC1(N)C=CC(C)(O)C=C1. The second-order valence-corrected chi connectivity index (χ2v) is 3.26. The fourth-order valence-corrected chi connectivity index (χ4v) is 0.808. The van der Waals surface area contributed by atoms with Gasteiger partial charge in [-0.15, -0.1) is 0 Å². The zero-order valence-corrected chi connectivity index (χ0v) is 6.33. The average Bonchev–Trinajstić information content (AvgIpc) is 1.79. The standard InChI is InChI=1S/C8H13NO/c1-7(9)3-5-8(2,10)6-4-7/h3-6,10H,9H2,1-2H3. The molecule has 3 N–H and O–H groups in total. The van der Waals surface area contributed by atoms with E-state index in [1.54, 1.807) is 31.2 Å². The van der Waals surface area contributed by atoms with Gasteiger partial charge in [-0.2, -0.15) is 0 Å². The highest BCUT2D eigenvalue weighted by Gasteiger charge is 2.21. The number of aliphatic hydroxyl groups is 1. The third-order valence-electron chi connectivity index (χ3n) is 1.56. The summed E-state index contributed by atoms with van der Waals surface area (Å²) in [6, 6.07) is 0. The molecule has 0 spiro atoms. The number of nitrogens with two attached hydrogens (primary N) is 1. The van der Waals surface area contributed by atoms with Gasteiger partial charge in [-0.25, -0.2) is 0 Å². The molecule has 1 aliphatic rings. The lowest BCUT2D eigenvalue weighted by atomic mass is 9.90. The highest BCUT2D eigenvalue weighted by atomic mass is 16.3. The molecule has 10 heavy (non-hydrogen) atoms. The number of hydrogen-bond donors (Lipinski definition) is 2. The summed E-state index contributed by atoms with van der Waals surface area (Å²) < 4.78 is 0. The van der Waals surface area contributed by atoms with E-state index in [1.807, 2.05) is 6.92 Å². The summed E-state index contributed by atoms with van der Waals surface area (Å²) >= 11 is 0. The molecule has 0 heterocycles. The van der Waals surface area contributed by atoms with Gasteiger partial charge in [-0.05, 0) is 13.8 Å². The van der Waals surface area contributed by atoms with Crippen LogP contribution in [0.15, 0.2) is 24.3 Å². The molecule has 0 aromatic rings. The lowest BCUT2D eigenvalue weighted by molar-refractivity contribution is 0.160. The minimum absolute atomic E-state index is 0.387. The highest BCUT2D eigenvalue weighted by Crippen LogP contribution is 2.18. The van der Waals surface area contributed by atoms with Crippen LogP contribution in [0.2, 0.25) is 0 Å². The molecule has 0 aliphatic heterocycles. The molecule has 2 heteroatoms. The molecule has 0 amide bonds. The maximum atomic E-state index is 9.38. The van der Waals surface area contributed by atoms with Gasteiger partial charge in [0.15, 0.2) is 0 Å². The second kappa shape index (κ2) is 1.94. The van der Waals surface area contributed by atoms with Crippen LogP contribution in [-0.2, 0) is 0 Å². The Labute approximate surface area is 61.0 Å². The third-order valence-corrected chi connectivity index (χ3v) is 1.56. The van der Waals surface area contributed by atoms with E-state index in [-0.39, 0.29) is 5.54 Å². The fourth-order valence-electron chi connectivity index (χ4n) is 0.808.